The summed E-state index contributed by atoms with van der Waals surface area (Å²) in [5.74, 6) is -0.970. The van der Waals surface area contributed by atoms with Crippen LogP contribution in [0.5, 0.6) is 0 Å². The van der Waals surface area contributed by atoms with E-state index >= 15 is 0 Å². The van der Waals surface area contributed by atoms with Crippen LogP contribution in [0, 0.1) is 18.6 Å². The molecule has 0 amide bonds. The number of aryl methyl sites for hydroxylation is 1. The van der Waals surface area contributed by atoms with Gasteiger partial charge in [0, 0.05) is 31.0 Å². The molecule has 0 aliphatic carbocycles. The summed E-state index contributed by atoms with van der Waals surface area (Å²) in [5.41, 5.74) is 2.64. The fourth-order valence-corrected chi connectivity index (χ4v) is 4.28. The fraction of sp³-hybridized carbons (Fsp3) is 0.450. The normalized spacial score (nSPS) is 25.9. The molecule has 122 valence electrons. The van der Waals surface area contributed by atoms with Crippen LogP contribution < -0.4 is 4.57 Å². The fourth-order valence-electron chi connectivity index (χ4n) is 4.28. The number of rotatable bonds is 2. The summed E-state index contributed by atoms with van der Waals surface area (Å²) < 4.78 is 31.0. The number of benzene rings is 1. The van der Waals surface area contributed by atoms with Gasteiger partial charge in [-0.25, -0.2) is 8.78 Å². The Morgan fingerprint density at radius 1 is 1.09 bits per heavy atom. The van der Waals surface area contributed by atoms with Crippen molar-refractivity contribution in [1.29, 1.82) is 0 Å². The second kappa shape index (κ2) is 5.12. The van der Waals surface area contributed by atoms with E-state index in [4.69, 9.17) is 0 Å². The molecule has 0 spiro atoms. The molecular weight excluding hydrogens is 292 g/mol. The molecule has 2 heterocycles. The number of aromatic nitrogens is 1. The largest absolute Gasteiger partial charge is 0.219 e. The van der Waals surface area contributed by atoms with Crippen LogP contribution in [0.1, 0.15) is 51.7 Å². The van der Waals surface area contributed by atoms with E-state index < -0.39 is 11.6 Å². The Morgan fingerprint density at radius 3 is 2.39 bits per heavy atom. The standard InChI is InChI=1S/C20H24F2N/c1-6-19(4)15-11-14(21)12-16(22)17(15)18-13(3)9-8-10-23(18)20(19,5)7-2/h8-12H,6-7H2,1-5H3/q+1. The number of halogens is 2. The minimum Gasteiger partial charge on any atom is -0.207 e. The lowest BCUT2D eigenvalue weighted by Gasteiger charge is -2.46. The zero-order chi connectivity index (χ0) is 17.0. The van der Waals surface area contributed by atoms with Gasteiger partial charge in [-0.1, -0.05) is 13.8 Å². The minimum atomic E-state index is -0.499. The van der Waals surface area contributed by atoms with Crippen LogP contribution in [0.25, 0.3) is 11.3 Å². The molecule has 1 aliphatic heterocycles. The molecule has 23 heavy (non-hydrogen) atoms. The van der Waals surface area contributed by atoms with Crippen LogP contribution in [0.3, 0.4) is 0 Å². The van der Waals surface area contributed by atoms with Gasteiger partial charge in [-0.2, -0.15) is 4.57 Å². The number of hydrogen-bond donors (Lipinski definition) is 0. The Kier molecular flexibility index (Phi) is 3.58. The maximum atomic E-state index is 14.8. The zero-order valence-electron chi connectivity index (χ0n) is 14.5. The van der Waals surface area contributed by atoms with Crippen molar-refractivity contribution < 1.29 is 13.3 Å². The lowest BCUT2D eigenvalue weighted by Crippen LogP contribution is -2.67. The van der Waals surface area contributed by atoms with Crippen LogP contribution in [0.15, 0.2) is 30.5 Å². The molecule has 2 aromatic rings. The molecule has 1 aromatic heterocycles. The Bertz CT molecular complexity index is 783. The Balaban J connectivity index is 2.53. The average molecular weight is 316 g/mol. The van der Waals surface area contributed by atoms with Crippen molar-refractivity contribution >= 4 is 0 Å². The van der Waals surface area contributed by atoms with E-state index in [0.29, 0.717) is 5.56 Å². The smallest absolute Gasteiger partial charge is 0.207 e. The van der Waals surface area contributed by atoms with Crippen molar-refractivity contribution in [2.75, 3.05) is 0 Å². The van der Waals surface area contributed by atoms with Gasteiger partial charge in [0.05, 0.1) is 11.0 Å². The summed E-state index contributed by atoms with van der Waals surface area (Å²) >= 11 is 0. The lowest BCUT2D eigenvalue weighted by atomic mass is 9.60. The molecule has 0 saturated heterocycles. The van der Waals surface area contributed by atoms with Crippen LogP contribution in [0.4, 0.5) is 8.78 Å². The summed E-state index contributed by atoms with van der Waals surface area (Å²) in [5, 5.41) is 0. The number of fused-ring (bicyclic) bond motifs is 3. The second-order valence-electron chi connectivity index (χ2n) is 7.03. The van der Waals surface area contributed by atoms with Gasteiger partial charge in [0.1, 0.15) is 11.6 Å². The molecule has 0 fully saturated rings. The average Bonchev–Trinajstić information content (AvgIpc) is 2.52. The third-order valence-corrected chi connectivity index (χ3v) is 6.20. The molecule has 1 nitrogen and oxygen atoms in total. The Morgan fingerprint density at radius 2 is 1.78 bits per heavy atom. The van der Waals surface area contributed by atoms with Gasteiger partial charge in [-0.15, -0.1) is 0 Å². The first-order chi connectivity index (χ1) is 10.8. The Hall–Kier alpha value is -1.77. The van der Waals surface area contributed by atoms with Crippen molar-refractivity contribution in [3.05, 3.63) is 53.2 Å². The van der Waals surface area contributed by atoms with Crippen molar-refractivity contribution in [2.24, 2.45) is 0 Å². The van der Waals surface area contributed by atoms with Crippen molar-refractivity contribution in [3.63, 3.8) is 0 Å². The van der Waals surface area contributed by atoms with Gasteiger partial charge >= 0.3 is 0 Å². The summed E-state index contributed by atoms with van der Waals surface area (Å²) in [7, 11) is 0. The number of hydrogen-bond acceptors (Lipinski definition) is 0. The van der Waals surface area contributed by atoms with E-state index in [1.807, 2.05) is 25.3 Å². The maximum Gasteiger partial charge on any atom is 0.219 e. The van der Waals surface area contributed by atoms with E-state index in [1.54, 1.807) is 0 Å². The molecule has 0 saturated carbocycles. The van der Waals surface area contributed by atoms with Crippen LogP contribution in [0.2, 0.25) is 0 Å². The summed E-state index contributed by atoms with van der Waals surface area (Å²) in [4.78, 5) is 0. The summed E-state index contributed by atoms with van der Waals surface area (Å²) in [6.07, 6.45) is 3.73. The molecule has 0 radical (unpaired) electrons. The molecule has 0 bridgehead atoms. The topological polar surface area (TPSA) is 3.88 Å². The first kappa shape index (κ1) is 16.1. The highest BCUT2D eigenvalue weighted by Gasteiger charge is 2.57. The summed E-state index contributed by atoms with van der Waals surface area (Å²) in [6.45, 7) is 10.6. The molecule has 3 rings (SSSR count). The zero-order valence-corrected chi connectivity index (χ0v) is 14.5. The van der Waals surface area contributed by atoms with Gasteiger partial charge in [-0.05, 0) is 38.0 Å². The number of nitrogens with zero attached hydrogens (tertiary/aromatic N) is 1. The van der Waals surface area contributed by atoms with Crippen LogP contribution >= 0.6 is 0 Å². The second-order valence-corrected chi connectivity index (χ2v) is 7.03. The molecule has 0 N–H and O–H groups in total. The molecule has 2 atom stereocenters. The predicted molar refractivity (Wildman–Crippen MR) is 88.3 cm³/mol. The van der Waals surface area contributed by atoms with Gasteiger partial charge in [0.2, 0.25) is 5.69 Å². The van der Waals surface area contributed by atoms with Crippen molar-refractivity contribution in [1.82, 2.24) is 0 Å². The van der Waals surface area contributed by atoms with Gasteiger partial charge in [0.25, 0.3) is 0 Å². The van der Waals surface area contributed by atoms with Crippen LogP contribution in [-0.4, -0.2) is 0 Å². The van der Waals surface area contributed by atoms with Crippen LogP contribution in [-0.2, 0) is 11.0 Å². The van der Waals surface area contributed by atoms with Crippen molar-refractivity contribution in [3.8, 4) is 11.3 Å². The number of pyridine rings is 1. The van der Waals surface area contributed by atoms with Gasteiger partial charge < -0.3 is 0 Å². The molecule has 1 aliphatic rings. The molecule has 2 unspecified atom stereocenters. The van der Waals surface area contributed by atoms with Gasteiger partial charge in [-0.3, -0.25) is 0 Å². The summed E-state index contributed by atoms with van der Waals surface area (Å²) in [6, 6.07) is 6.53. The Labute approximate surface area is 137 Å². The maximum absolute atomic E-state index is 14.8. The highest BCUT2D eigenvalue weighted by atomic mass is 19.1. The third-order valence-electron chi connectivity index (χ3n) is 6.20. The third kappa shape index (κ3) is 1.92. The monoisotopic (exact) mass is 316 g/mol. The van der Waals surface area contributed by atoms with E-state index in [9.17, 15) is 8.78 Å². The van der Waals surface area contributed by atoms with Gasteiger partial charge in [0.15, 0.2) is 11.7 Å². The van der Waals surface area contributed by atoms with E-state index in [1.165, 1.54) is 6.07 Å². The van der Waals surface area contributed by atoms with Crippen molar-refractivity contribution in [2.45, 2.75) is 58.4 Å². The highest BCUT2D eigenvalue weighted by Crippen LogP contribution is 2.50. The lowest BCUT2D eigenvalue weighted by molar-refractivity contribution is -0.765. The predicted octanol–water partition coefficient (Wildman–Crippen LogP) is 5.03. The SMILES string of the molecule is CCC1(C)c2cc(F)cc(F)c2-c2c(C)ccc[n+]2C1(C)CC. The molecule has 1 aromatic carbocycles. The first-order valence-electron chi connectivity index (χ1n) is 8.31. The first-order valence-corrected chi connectivity index (χ1v) is 8.31. The highest BCUT2D eigenvalue weighted by molar-refractivity contribution is 5.68. The molecule has 3 heteroatoms. The molecular formula is C20H24F2N+. The minimum absolute atomic E-state index is 0.240. The van der Waals surface area contributed by atoms with E-state index in [-0.39, 0.29) is 11.0 Å². The quantitative estimate of drug-likeness (QED) is 0.684. The van der Waals surface area contributed by atoms with E-state index in [2.05, 4.69) is 32.3 Å². The van der Waals surface area contributed by atoms with E-state index in [0.717, 1.165) is 35.7 Å².